The van der Waals surface area contributed by atoms with Crippen molar-refractivity contribution in [1.82, 2.24) is 10.2 Å². The molecule has 1 fully saturated rings. The van der Waals surface area contributed by atoms with Crippen LogP contribution in [0, 0.1) is 0 Å². The number of amides is 2. The molecule has 0 aromatic heterocycles. The van der Waals surface area contributed by atoms with Gasteiger partial charge in [0, 0.05) is 22.1 Å². The molecule has 0 spiro atoms. The van der Waals surface area contributed by atoms with Gasteiger partial charge in [0.05, 0.1) is 17.0 Å². The summed E-state index contributed by atoms with van der Waals surface area (Å²) < 4.78 is 27.1. The highest BCUT2D eigenvalue weighted by molar-refractivity contribution is 9.10. The molecule has 1 saturated carbocycles. The van der Waals surface area contributed by atoms with Crippen LogP contribution in [-0.2, 0) is 26.2 Å². The smallest absolute Gasteiger partial charge is 0.244 e. The summed E-state index contributed by atoms with van der Waals surface area (Å²) in [5, 5.41) is 3.51. The Labute approximate surface area is 231 Å². The van der Waals surface area contributed by atoms with Crippen LogP contribution in [0.5, 0.6) is 0 Å². The molecule has 7 nitrogen and oxygen atoms in total. The molecule has 2 aromatic rings. The molecule has 0 aliphatic heterocycles. The molecule has 0 radical (unpaired) electrons. The van der Waals surface area contributed by atoms with Crippen molar-refractivity contribution < 1.29 is 18.0 Å². The van der Waals surface area contributed by atoms with Crippen LogP contribution in [0.4, 0.5) is 5.69 Å². The number of hydrogen-bond donors (Lipinski definition) is 1. The van der Waals surface area contributed by atoms with Crippen molar-refractivity contribution in [3.63, 3.8) is 0 Å². The van der Waals surface area contributed by atoms with Gasteiger partial charge < -0.3 is 10.2 Å². The third-order valence-electron chi connectivity index (χ3n) is 6.22. The molecule has 11 heteroatoms. The molecule has 0 heterocycles. The van der Waals surface area contributed by atoms with E-state index in [0.29, 0.717) is 5.02 Å². The van der Waals surface area contributed by atoms with Crippen LogP contribution in [0.2, 0.25) is 10.0 Å². The number of sulfonamides is 1. The minimum atomic E-state index is -3.88. The summed E-state index contributed by atoms with van der Waals surface area (Å²) in [6, 6.07) is 11.0. The van der Waals surface area contributed by atoms with E-state index in [4.69, 9.17) is 23.2 Å². The van der Waals surface area contributed by atoms with Gasteiger partial charge in [-0.1, -0.05) is 70.5 Å². The van der Waals surface area contributed by atoms with Gasteiger partial charge in [-0.3, -0.25) is 13.9 Å². The first-order chi connectivity index (χ1) is 17.0. The van der Waals surface area contributed by atoms with Crippen molar-refractivity contribution in [2.45, 2.75) is 57.7 Å². The van der Waals surface area contributed by atoms with Crippen molar-refractivity contribution in [3.05, 3.63) is 62.5 Å². The molecule has 2 amide bonds. The highest BCUT2D eigenvalue weighted by Gasteiger charge is 2.31. The van der Waals surface area contributed by atoms with Crippen LogP contribution in [-0.4, -0.2) is 50.0 Å². The zero-order chi connectivity index (χ0) is 26.5. The summed E-state index contributed by atoms with van der Waals surface area (Å²) in [5.41, 5.74) is 0.934. The van der Waals surface area contributed by atoms with E-state index in [9.17, 15) is 18.0 Å². The van der Waals surface area contributed by atoms with Gasteiger partial charge in [0.25, 0.3) is 0 Å². The Bertz CT molecular complexity index is 1210. The summed E-state index contributed by atoms with van der Waals surface area (Å²) in [7, 11) is -3.88. The van der Waals surface area contributed by atoms with Gasteiger partial charge in [-0.2, -0.15) is 0 Å². The summed E-state index contributed by atoms with van der Waals surface area (Å²) >= 11 is 15.7. The molecule has 2 aromatic carbocycles. The predicted octanol–water partition coefficient (Wildman–Crippen LogP) is 5.39. The van der Waals surface area contributed by atoms with E-state index in [-0.39, 0.29) is 29.2 Å². The summed E-state index contributed by atoms with van der Waals surface area (Å²) in [6.45, 7) is 1.27. The van der Waals surface area contributed by atoms with E-state index in [1.54, 1.807) is 6.92 Å². The average Bonchev–Trinajstić information content (AvgIpc) is 2.81. The predicted molar refractivity (Wildman–Crippen MR) is 148 cm³/mol. The number of carbonyl (C=O) groups excluding carboxylic acids is 2. The van der Waals surface area contributed by atoms with Crippen LogP contribution in [0.15, 0.2) is 46.9 Å². The van der Waals surface area contributed by atoms with Gasteiger partial charge in [0.2, 0.25) is 21.8 Å². The minimum Gasteiger partial charge on any atom is -0.352 e. The lowest BCUT2D eigenvalue weighted by atomic mass is 9.95. The highest BCUT2D eigenvalue weighted by Crippen LogP contribution is 2.30. The van der Waals surface area contributed by atoms with E-state index in [2.05, 4.69) is 21.2 Å². The quantitative estimate of drug-likeness (QED) is 0.408. The Balaban J connectivity index is 1.89. The van der Waals surface area contributed by atoms with Crippen molar-refractivity contribution >= 4 is 66.7 Å². The summed E-state index contributed by atoms with van der Waals surface area (Å²) in [4.78, 5) is 28.2. The van der Waals surface area contributed by atoms with Crippen LogP contribution in [0.3, 0.4) is 0 Å². The fraction of sp³-hybridized carbons (Fsp3) is 0.440. The Morgan fingerprint density at radius 3 is 2.42 bits per heavy atom. The van der Waals surface area contributed by atoms with Crippen LogP contribution in [0.1, 0.15) is 44.6 Å². The molecule has 1 aliphatic carbocycles. The molecule has 196 valence electrons. The molecule has 36 heavy (non-hydrogen) atoms. The fourth-order valence-electron chi connectivity index (χ4n) is 4.26. The van der Waals surface area contributed by atoms with E-state index in [0.717, 1.165) is 52.7 Å². The average molecular weight is 619 g/mol. The minimum absolute atomic E-state index is 0.0805. The van der Waals surface area contributed by atoms with Gasteiger partial charge >= 0.3 is 0 Å². The molecular formula is C25H30BrCl2N3O4S. The number of benzene rings is 2. The van der Waals surface area contributed by atoms with Crippen molar-refractivity contribution in [2.75, 3.05) is 17.1 Å². The number of carbonyl (C=O) groups is 2. The molecule has 1 unspecified atom stereocenters. The number of nitrogens with zero attached hydrogens (tertiary/aromatic N) is 2. The third-order valence-corrected chi connectivity index (χ3v) is 8.38. The monoisotopic (exact) mass is 617 g/mol. The van der Waals surface area contributed by atoms with E-state index >= 15 is 0 Å². The number of anilines is 1. The number of rotatable bonds is 9. The second kappa shape index (κ2) is 12.6. The summed E-state index contributed by atoms with van der Waals surface area (Å²) in [6.07, 6.45) is 6.10. The maximum atomic E-state index is 13.6. The number of hydrogen-bond acceptors (Lipinski definition) is 4. The van der Waals surface area contributed by atoms with E-state index in [1.165, 1.54) is 23.1 Å². The first-order valence-electron chi connectivity index (χ1n) is 11.7. The van der Waals surface area contributed by atoms with Gasteiger partial charge in [0.1, 0.15) is 12.6 Å². The Hall–Kier alpha value is -1.81. The highest BCUT2D eigenvalue weighted by atomic mass is 79.9. The molecular weight excluding hydrogens is 589 g/mol. The number of halogens is 3. The Morgan fingerprint density at radius 1 is 1.11 bits per heavy atom. The zero-order valence-corrected chi connectivity index (χ0v) is 24.1. The van der Waals surface area contributed by atoms with Crippen LogP contribution >= 0.6 is 39.1 Å². The fourth-order valence-corrected chi connectivity index (χ4v) is 6.13. The van der Waals surface area contributed by atoms with Crippen molar-refractivity contribution in [3.8, 4) is 0 Å². The normalized spacial score (nSPS) is 15.2. The molecule has 0 saturated heterocycles. The second-order valence-electron chi connectivity index (χ2n) is 9.04. The summed E-state index contributed by atoms with van der Waals surface area (Å²) in [5.74, 6) is -0.793. The number of nitrogens with one attached hydrogen (secondary N) is 1. The first-order valence-corrected chi connectivity index (χ1v) is 15.1. The second-order valence-corrected chi connectivity index (χ2v) is 12.7. The van der Waals surface area contributed by atoms with Crippen molar-refractivity contribution in [1.29, 1.82) is 0 Å². The zero-order valence-electron chi connectivity index (χ0n) is 20.2. The van der Waals surface area contributed by atoms with Crippen LogP contribution in [0.25, 0.3) is 0 Å². The molecule has 1 aliphatic rings. The van der Waals surface area contributed by atoms with Crippen LogP contribution < -0.4 is 9.62 Å². The van der Waals surface area contributed by atoms with E-state index < -0.39 is 28.5 Å². The topological polar surface area (TPSA) is 86.8 Å². The third kappa shape index (κ3) is 7.84. The lowest BCUT2D eigenvalue weighted by molar-refractivity contribution is -0.139. The standard InChI is InChI=1S/C25H30BrCl2N3O4S/c1-17(25(33)29-21-9-4-3-5-10-21)30(15-18-7-6-8-19(26)13-18)24(32)16-31(36(2,34)35)23-12-11-20(27)14-22(23)28/h6-8,11-14,17,21H,3-5,9-10,15-16H2,1-2H3,(H,29,33). The Morgan fingerprint density at radius 2 is 1.81 bits per heavy atom. The first kappa shape index (κ1) is 28.8. The largest absolute Gasteiger partial charge is 0.352 e. The van der Waals surface area contributed by atoms with Gasteiger partial charge in [-0.25, -0.2) is 8.42 Å². The lowest BCUT2D eigenvalue weighted by Gasteiger charge is -2.33. The molecule has 3 rings (SSSR count). The lowest BCUT2D eigenvalue weighted by Crippen LogP contribution is -2.53. The molecule has 0 bridgehead atoms. The molecule has 1 N–H and O–H groups in total. The van der Waals surface area contributed by atoms with Gasteiger partial charge in [-0.15, -0.1) is 0 Å². The van der Waals surface area contributed by atoms with Crippen molar-refractivity contribution in [2.24, 2.45) is 0 Å². The van der Waals surface area contributed by atoms with Gasteiger partial charge in [0.15, 0.2) is 0 Å². The maximum Gasteiger partial charge on any atom is 0.244 e. The van der Waals surface area contributed by atoms with Gasteiger partial charge in [-0.05, 0) is 55.7 Å². The molecule has 1 atom stereocenters. The SMILES string of the molecule is CC(C(=O)NC1CCCCC1)N(Cc1cccc(Br)c1)C(=O)CN(c1ccc(Cl)cc1Cl)S(C)(=O)=O. The Kier molecular flexibility index (Phi) is 10.1. The maximum absolute atomic E-state index is 13.6. The van der Waals surface area contributed by atoms with E-state index in [1.807, 2.05) is 24.3 Å².